The van der Waals surface area contributed by atoms with Crippen LogP contribution in [0, 0.1) is 11.8 Å². The zero-order chi connectivity index (χ0) is 15.8. The molecule has 0 aliphatic heterocycles. The van der Waals surface area contributed by atoms with Crippen molar-refractivity contribution in [3.8, 4) is 11.8 Å². The average Bonchev–Trinajstić information content (AvgIpc) is 2.54. The quantitative estimate of drug-likeness (QED) is 0.675. The molecule has 0 aliphatic carbocycles. The van der Waals surface area contributed by atoms with E-state index in [4.69, 9.17) is 22.1 Å². The highest BCUT2D eigenvalue weighted by molar-refractivity contribution is 6.33. The van der Waals surface area contributed by atoms with E-state index in [0.29, 0.717) is 10.7 Å². The summed E-state index contributed by atoms with van der Waals surface area (Å²) in [6, 6.07) is 14.6. The molecule has 22 heavy (non-hydrogen) atoms. The van der Waals surface area contributed by atoms with Gasteiger partial charge < -0.3 is 15.8 Å². The fraction of sp³-hybridized carbons (Fsp3) is 0.118. The number of rotatable bonds is 3. The van der Waals surface area contributed by atoms with Gasteiger partial charge in [0.05, 0.1) is 17.3 Å². The van der Waals surface area contributed by atoms with Crippen LogP contribution in [0.4, 0.5) is 10.5 Å². The maximum atomic E-state index is 11.5. The number of nitrogens with one attached hydrogen (secondary N) is 1. The fourth-order valence-electron chi connectivity index (χ4n) is 1.64. The van der Waals surface area contributed by atoms with Crippen LogP contribution in [0.2, 0.25) is 5.02 Å². The van der Waals surface area contributed by atoms with Crippen LogP contribution in [0.3, 0.4) is 0 Å². The lowest BCUT2D eigenvalue weighted by Crippen LogP contribution is -2.24. The summed E-state index contributed by atoms with van der Waals surface area (Å²) in [7, 11) is 0. The van der Waals surface area contributed by atoms with Gasteiger partial charge in [-0.2, -0.15) is 0 Å². The number of halogens is 1. The number of ether oxygens (including phenoxy) is 1. The molecule has 0 radical (unpaired) electrons. The standard InChI is InChI=1S/C17H15ClN2O2/c18-15-11-13(8-9-16(15)19)7-4-10-20-17(21)22-12-14-5-2-1-3-6-14/h1-3,5-6,8-9,11H,10,12,19H2,(H,20,21). The molecule has 0 bridgehead atoms. The summed E-state index contributed by atoms with van der Waals surface area (Å²) in [5, 5.41) is 3.02. The molecule has 0 spiro atoms. The van der Waals surface area contributed by atoms with Crippen LogP contribution in [0.25, 0.3) is 0 Å². The molecule has 5 heteroatoms. The van der Waals surface area contributed by atoms with Gasteiger partial charge in [-0.15, -0.1) is 0 Å². The molecule has 0 saturated carbocycles. The van der Waals surface area contributed by atoms with Gasteiger partial charge in [0.15, 0.2) is 0 Å². The van der Waals surface area contributed by atoms with Gasteiger partial charge in [0.25, 0.3) is 0 Å². The van der Waals surface area contributed by atoms with Crippen molar-refractivity contribution in [1.82, 2.24) is 5.32 Å². The van der Waals surface area contributed by atoms with Gasteiger partial charge in [0.2, 0.25) is 0 Å². The molecule has 0 heterocycles. The number of carbonyl (C=O) groups excluding carboxylic acids is 1. The van der Waals surface area contributed by atoms with Gasteiger partial charge in [-0.3, -0.25) is 0 Å². The summed E-state index contributed by atoms with van der Waals surface area (Å²) in [6.07, 6.45) is -0.506. The highest BCUT2D eigenvalue weighted by atomic mass is 35.5. The van der Waals surface area contributed by atoms with E-state index in [-0.39, 0.29) is 13.2 Å². The van der Waals surface area contributed by atoms with Gasteiger partial charge in [-0.1, -0.05) is 53.8 Å². The van der Waals surface area contributed by atoms with Crippen molar-refractivity contribution in [2.24, 2.45) is 0 Å². The second kappa shape index (κ2) is 7.96. The maximum absolute atomic E-state index is 11.5. The smallest absolute Gasteiger partial charge is 0.408 e. The Morgan fingerprint density at radius 3 is 2.73 bits per heavy atom. The van der Waals surface area contributed by atoms with E-state index in [1.54, 1.807) is 18.2 Å². The topological polar surface area (TPSA) is 64.3 Å². The summed E-state index contributed by atoms with van der Waals surface area (Å²) in [5.41, 5.74) is 7.79. The summed E-state index contributed by atoms with van der Waals surface area (Å²) in [4.78, 5) is 11.5. The van der Waals surface area contributed by atoms with E-state index in [9.17, 15) is 4.79 Å². The third-order valence-corrected chi connectivity index (χ3v) is 3.09. The average molecular weight is 315 g/mol. The van der Waals surface area contributed by atoms with E-state index >= 15 is 0 Å². The van der Waals surface area contributed by atoms with E-state index < -0.39 is 6.09 Å². The minimum atomic E-state index is -0.506. The molecule has 0 unspecified atom stereocenters. The van der Waals surface area contributed by atoms with Crippen molar-refractivity contribution >= 4 is 23.4 Å². The monoisotopic (exact) mass is 314 g/mol. The van der Waals surface area contributed by atoms with Gasteiger partial charge in [0.1, 0.15) is 6.61 Å². The first-order chi connectivity index (χ1) is 10.6. The molecule has 3 N–H and O–H groups in total. The Morgan fingerprint density at radius 2 is 2.00 bits per heavy atom. The van der Waals surface area contributed by atoms with Crippen molar-refractivity contribution < 1.29 is 9.53 Å². The third kappa shape index (κ3) is 5.04. The summed E-state index contributed by atoms with van der Waals surface area (Å²) < 4.78 is 5.06. The Labute approximate surface area is 134 Å². The normalized spacial score (nSPS) is 9.50. The third-order valence-electron chi connectivity index (χ3n) is 2.77. The highest BCUT2D eigenvalue weighted by Gasteiger charge is 2.00. The largest absolute Gasteiger partial charge is 0.445 e. The van der Waals surface area contributed by atoms with Gasteiger partial charge in [0, 0.05) is 5.56 Å². The Hall–Kier alpha value is -2.64. The number of carbonyl (C=O) groups is 1. The Morgan fingerprint density at radius 1 is 1.23 bits per heavy atom. The summed E-state index contributed by atoms with van der Waals surface area (Å²) >= 11 is 5.89. The first-order valence-electron chi connectivity index (χ1n) is 6.63. The molecule has 0 saturated heterocycles. The number of alkyl carbamates (subject to hydrolysis) is 1. The Bertz CT molecular complexity index is 706. The van der Waals surface area contributed by atoms with Gasteiger partial charge in [-0.05, 0) is 23.8 Å². The first-order valence-corrected chi connectivity index (χ1v) is 7.01. The molecule has 0 fully saturated rings. The minimum absolute atomic E-state index is 0.190. The molecular formula is C17H15ClN2O2. The highest BCUT2D eigenvalue weighted by Crippen LogP contribution is 2.18. The van der Waals surface area contributed by atoms with Crippen LogP contribution in [0.15, 0.2) is 48.5 Å². The van der Waals surface area contributed by atoms with Crippen LogP contribution < -0.4 is 11.1 Å². The summed E-state index contributed by atoms with van der Waals surface area (Å²) in [5.74, 6) is 5.70. The predicted molar refractivity (Wildman–Crippen MR) is 87.4 cm³/mol. The molecule has 2 aromatic rings. The first kappa shape index (κ1) is 15.7. The number of hydrogen-bond acceptors (Lipinski definition) is 3. The van der Waals surface area contributed by atoms with Crippen molar-refractivity contribution in [1.29, 1.82) is 0 Å². The molecule has 2 aromatic carbocycles. The molecule has 4 nitrogen and oxygen atoms in total. The minimum Gasteiger partial charge on any atom is -0.445 e. The number of amides is 1. The van der Waals surface area contributed by atoms with E-state index in [1.165, 1.54) is 0 Å². The fourth-order valence-corrected chi connectivity index (χ4v) is 1.82. The molecule has 112 valence electrons. The zero-order valence-electron chi connectivity index (χ0n) is 11.8. The van der Waals surface area contributed by atoms with E-state index in [0.717, 1.165) is 11.1 Å². The second-order valence-electron chi connectivity index (χ2n) is 4.45. The number of hydrogen-bond donors (Lipinski definition) is 2. The molecule has 0 atom stereocenters. The van der Waals surface area contributed by atoms with Crippen molar-refractivity contribution in [3.05, 3.63) is 64.7 Å². The van der Waals surface area contributed by atoms with Crippen LogP contribution in [-0.4, -0.2) is 12.6 Å². The zero-order valence-corrected chi connectivity index (χ0v) is 12.6. The van der Waals surface area contributed by atoms with Crippen LogP contribution in [0.1, 0.15) is 11.1 Å². The molecular weight excluding hydrogens is 300 g/mol. The van der Waals surface area contributed by atoms with Crippen LogP contribution in [0.5, 0.6) is 0 Å². The maximum Gasteiger partial charge on any atom is 0.408 e. The Balaban J connectivity index is 1.75. The van der Waals surface area contributed by atoms with Gasteiger partial charge >= 0.3 is 6.09 Å². The second-order valence-corrected chi connectivity index (χ2v) is 4.86. The van der Waals surface area contributed by atoms with Crippen LogP contribution >= 0.6 is 11.6 Å². The number of anilines is 1. The lowest BCUT2D eigenvalue weighted by atomic mass is 10.2. The molecule has 1 amide bonds. The lowest BCUT2D eigenvalue weighted by molar-refractivity contribution is 0.141. The lowest BCUT2D eigenvalue weighted by Gasteiger charge is -2.04. The number of benzene rings is 2. The van der Waals surface area contributed by atoms with Crippen molar-refractivity contribution in [2.45, 2.75) is 6.61 Å². The van der Waals surface area contributed by atoms with Crippen molar-refractivity contribution in [3.63, 3.8) is 0 Å². The van der Waals surface area contributed by atoms with E-state index in [1.807, 2.05) is 30.3 Å². The van der Waals surface area contributed by atoms with E-state index in [2.05, 4.69) is 17.2 Å². The number of nitrogen functional groups attached to an aromatic ring is 1. The Kier molecular flexibility index (Phi) is 5.70. The van der Waals surface area contributed by atoms with Gasteiger partial charge in [-0.25, -0.2) is 4.79 Å². The number of nitrogens with two attached hydrogens (primary N) is 1. The molecule has 2 rings (SSSR count). The van der Waals surface area contributed by atoms with Crippen molar-refractivity contribution in [2.75, 3.05) is 12.3 Å². The predicted octanol–water partition coefficient (Wildman–Crippen LogP) is 3.20. The van der Waals surface area contributed by atoms with Crippen LogP contribution in [-0.2, 0) is 11.3 Å². The SMILES string of the molecule is Nc1ccc(C#CCNC(=O)OCc2ccccc2)cc1Cl. The molecule has 0 aromatic heterocycles. The molecule has 0 aliphatic rings. The summed E-state index contributed by atoms with van der Waals surface area (Å²) in [6.45, 7) is 0.420.